The molecule has 16 aromatic rings. The Morgan fingerprint density at radius 3 is 1.09 bits per heavy atom. The van der Waals surface area contributed by atoms with Crippen molar-refractivity contribution in [3.8, 4) is 67.2 Å². The van der Waals surface area contributed by atoms with Crippen molar-refractivity contribution in [2.75, 3.05) is 9.80 Å². The van der Waals surface area contributed by atoms with Crippen LogP contribution in [0.4, 0.5) is 34.1 Å². The normalized spacial score (nSPS) is 12.4. The maximum atomic E-state index is 5.87. The van der Waals surface area contributed by atoms with Crippen LogP contribution in [0.5, 0.6) is 0 Å². The standard InChI is InChI=1S/C84H53BN4/c1-5-19-54(20-6-1)58-33-39-70(40-34-58)88-78-52-68(81-72-31-17-18-32-77(72)86-84(87-81)69-48-66(56-23-9-3-10-24-56)47-67(49-69)57-25-11-4-12-26-57)53-79-80(78)85(75-43-37-64-45-60-27-13-15-29-62(60)50-73(64)82(75)88)76-44-38-65-46-61-28-14-16-30-63(61)51-74(65)83(76)89(79)71-41-35-59(36-42-71)55-21-7-2-8-22-55/h1-53H. The largest absolute Gasteiger partial charge is 0.311 e. The van der Waals surface area contributed by atoms with Crippen LogP contribution in [0.3, 0.4) is 0 Å². The Labute approximate surface area is 516 Å². The van der Waals surface area contributed by atoms with E-state index in [4.69, 9.17) is 9.97 Å². The van der Waals surface area contributed by atoms with Gasteiger partial charge in [-0.25, -0.2) is 9.97 Å². The molecule has 18 rings (SSSR count). The minimum Gasteiger partial charge on any atom is -0.311 e. The molecule has 0 radical (unpaired) electrons. The lowest BCUT2D eigenvalue weighted by Gasteiger charge is -2.45. The topological polar surface area (TPSA) is 32.3 Å². The van der Waals surface area contributed by atoms with Crippen molar-refractivity contribution in [1.29, 1.82) is 0 Å². The quantitative estimate of drug-likeness (QED) is 0.112. The van der Waals surface area contributed by atoms with Crippen molar-refractivity contribution in [2.24, 2.45) is 0 Å². The van der Waals surface area contributed by atoms with Gasteiger partial charge in [0.2, 0.25) is 0 Å². The molecule has 0 spiro atoms. The Hall–Kier alpha value is -11.7. The van der Waals surface area contributed by atoms with Crippen LogP contribution in [0.25, 0.3) is 121 Å². The summed E-state index contributed by atoms with van der Waals surface area (Å²) in [6, 6.07) is 118. The Bertz CT molecular complexity index is 5190. The molecule has 1 aromatic heterocycles. The van der Waals surface area contributed by atoms with Crippen molar-refractivity contribution in [1.82, 2.24) is 9.97 Å². The van der Waals surface area contributed by atoms with E-state index in [9.17, 15) is 0 Å². The first kappa shape index (κ1) is 50.6. The molecule has 0 N–H and O–H groups in total. The maximum absolute atomic E-state index is 5.87. The fourth-order valence-corrected chi connectivity index (χ4v) is 14.3. The van der Waals surface area contributed by atoms with E-state index in [0.717, 1.165) is 83.9 Å². The second-order valence-electron chi connectivity index (χ2n) is 23.6. The van der Waals surface area contributed by atoms with E-state index < -0.39 is 0 Å². The van der Waals surface area contributed by atoms with Gasteiger partial charge in [-0.2, -0.15) is 0 Å². The van der Waals surface area contributed by atoms with Crippen molar-refractivity contribution in [3.63, 3.8) is 0 Å². The minimum absolute atomic E-state index is 0.166. The van der Waals surface area contributed by atoms with Gasteiger partial charge < -0.3 is 9.80 Å². The number of para-hydroxylation sites is 1. The van der Waals surface area contributed by atoms with Gasteiger partial charge in [-0.05, 0) is 178 Å². The third-order valence-electron chi connectivity index (χ3n) is 18.5. The molecule has 3 heterocycles. The third kappa shape index (κ3) is 8.46. The average molecular weight is 1130 g/mol. The molecule has 0 aliphatic carbocycles. The molecule has 5 heteroatoms. The summed E-state index contributed by atoms with van der Waals surface area (Å²) in [5.41, 5.74) is 23.2. The predicted octanol–water partition coefficient (Wildman–Crippen LogP) is 20.3. The van der Waals surface area contributed by atoms with E-state index in [0.29, 0.717) is 5.82 Å². The summed E-state index contributed by atoms with van der Waals surface area (Å²) in [5.74, 6) is 0.658. The number of anilines is 6. The highest BCUT2D eigenvalue weighted by Crippen LogP contribution is 2.51. The van der Waals surface area contributed by atoms with Crippen LogP contribution < -0.4 is 26.2 Å². The second-order valence-corrected chi connectivity index (χ2v) is 23.6. The highest BCUT2D eigenvalue weighted by Gasteiger charge is 2.45. The van der Waals surface area contributed by atoms with Crippen LogP contribution in [-0.2, 0) is 0 Å². The van der Waals surface area contributed by atoms with Crippen LogP contribution in [0, 0.1) is 0 Å². The fourth-order valence-electron chi connectivity index (χ4n) is 14.3. The summed E-state index contributed by atoms with van der Waals surface area (Å²) < 4.78 is 0. The zero-order chi connectivity index (χ0) is 58.5. The van der Waals surface area contributed by atoms with Crippen molar-refractivity contribution in [2.45, 2.75) is 0 Å². The molecule has 0 amide bonds. The summed E-state index contributed by atoms with van der Waals surface area (Å²) in [7, 11) is 0. The van der Waals surface area contributed by atoms with Crippen LogP contribution in [0.1, 0.15) is 0 Å². The maximum Gasteiger partial charge on any atom is 0.252 e. The van der Waals surface area contributed by atoms with Gasteiger partial charge in [0, 0.05) is 61.4 Å². The molecule has 4 nitrogen and oxygen atoms in total. The van der Waals surface area contributed by atoms with Gasteiger partial charge in [0.05, 0.1) is 11.2 Å². The lowest BCUT2D eigenvalue weighted by atomic mass is 9.33. The Balaban J connectivity index is 0.965. The van der Waals surface area contributed by atoms with Gasteiger partial charge in [0.1, 0.15) is 0 Å². The minimum atomic E-state index is -0.166. The Morgan fingerprint density at radius 2 is 0.629 bits per heavy atom. The molecule has 0 saturated heterocycles. The van der Waals surface area contributed by atoms with Crippen LogP contribution in [0.2, 0.25) is 0 Å². The highest BCUT2D eigenvalue weighted by atomic mass is 15.2. The van der Waals surface area contributed by atoms with Crippen molar-refractivity contribution in [3.05, 3.63) is 322 Å². The molecule has 89 heavy (non-hydrogen) atoms. The molecular formula is C84H53BN4. The lowest BCUT2D eigenvalue weighted by Crippen LogP contribution is -2.61. The molecule has 0 unspecified atom stereocenters. The van der Waals surface area contributed by atoms with Crippen LogP contribution in [0.15, 0.2) is 322 Å². The average Bonchev–Trinajstić information content (AvgIpc) is 0.755. The summed E-state index contributed by atoms with van der Waals surface area (Å²) in [4.78, 5) is 16.5. The summed E-state index contributed by atoms with van der Waals surface area (Å²) >= 11 is 0. The molecule has 0 saturated carbocycles. The number of rotatable bonds is 8. The first-order valence-electron chi connectivity index (χ1n) is 30.6. The number of nitrogens with zero attached hydrogens (tertiary/aromatic N) is 4. The van der Waals surface area contributed by atoms with Gasteiger partial charge in [-0.3, -0.25) is 0 Å². The summed E-state index contributed by atoms with van der Waals surface area (Å²) in [5, 5.41) is 10.6. The molecular weight excluding hydrogens is 1080 g/mol. The first-order chi connectivity index (χ1) is 44.1. The first-order valence-corrected chi connectivity index (χ1v) is 30.6. The number of aromatic nitrogens is 2. The SMILES string of the molecule is c1ccc(-c2ccc(N3c4cc(-c5nc(-c6cc(-c7ccccc7)cc(-c7ccccc7)c6)nc6ccccc56)cc5c4B(c4ccc6cc7ccccc7cc6c43)c3ccc4cc6ccccc6cc4c3N5c3ccc(-c4ccccc4)cc3)cc2)cc1. The van der Waals surface area contributed by atoms with E-state index >= 15 is 0 Å². The Kier molecular flexibility index (Phi) is 11.7. The van der Waals surface area contributed by atoms with Gasteiger partial charge in [-0.15, -0.1) is 0 Å². The number of hydrogen-bond acceptors (Lipinski definition) is 4. The van der Waals surface area contributed by atoms with Gasteiger partial charge in [0.15, 0.2) is 5.82 Å². The summed E-state index contributed by atoms with van der Waals surface area (Å²) in [6.45, 7) is -0.166. The van der Waals surface area contributed by atoms with E-state index in [1.807, 2.05) is 0 Å². The molecule has 0 atom stereocenters. The highest BCUT2D eigenvalue weighted by molar-refractivity contribution is 7.00. The molecule has 0 fully saturated rings. The van der Waals surface area contributed by atoms with Gasteiger partial charge >= 0.3 is 0 Å². The zero-order valence-corrected chi connectivity index (χ0v) is 48.5. The van der Waals surface area contributed by atoms with Gasteiger partial charge in [0.25, 0.3) is 6.71 Å². The van der Waals surface area contributed by atoms with E-state index in [2.05, 4.69) is 331 Å². The molecule has 2 aliphatic rings. The zero-order valence-electron chi connectivity index (χ0n) is 48.5. The predicted molar refractivity (Wildman–Crippen MR) is 376 cm³/mol. The number of fused-ring (bicyclic) bond motifs is 11. The molecule has 15 aromatic carbocycles. The number of hydrogen-bond donors (Lipinski definition) is 0. The second kappa shape index (κ2) is 20.5. The van der Waals surface area contributed by atoms with E-state index in [1.54, 1.807) is 0 Å². The smallest absolute Gasteiger partial charge is 0.252 e. The van der Waals surface area contributed by atoms with Crippen molar-refractivity contribution < 1.29 is 0 Å². The summed E-state index contributed by atoms with van der Waals surface area (Å²) in [6.07, 6.45) is 0. The van der Waals surface area contributed by atoms with Crippen molar-refractivity contribution >= 4 is 111 Å². The molecule has 412 valence electrons. The fraction of sp³-hybridized carbons (Fsp3) is 0. The number of benzene rings is 15. The Morgan fingerprint density at radius 1 is 0.247 bits per heavy atom. The van der Waals surface area contributed by atoms with Crippen LogP contribution in [-0.4, -0.2) is 16.7 Å². The third-order valence-corrected chi connectivity index (χ3v) is 18.5. The molecule has 2 aliphatic heterocycles. The van der Waals surface area contributed by atoms with Crippen LogP contribution >= 0.6 is 0 Å². The van der Waals surface area contributed by atoms with E-state index in [1.165, 1.54) is 82.0 Å². The molecule has 0 bridgehead atoms. The monoisotopic (exact) mass is 1130 g/mol. The lowest BCUT2D eigenvalue weighted by molar-refractivity contribution is 1.22. The van der Waals surface area contributed by atoms with E-state index in [-0.39, 0.29) is 6.71 Å². The van der Waals surface area contributed by atoms with Gasteiger partial charge in [-0.1, -0.05) is 237 Å².